The Balaban J connectivity index is 1.84. The summed E-state index contributed by atoms with van der Waals surface area (Å²) in [5.41, 5.74) is 6.19. The van der Waals surface area contributed by atoms with Crippen LogP contribution >= 0.6 is 11.3 Å². The molecule has 25 heavy (non-hydrogen) atoms. The van der Waals surface area contributed by atoms with E-state index >= 15 is 0 Å². The van der Waals surface area contributed by atoms with E-state index in [-0.39, 0.29) is 0 Å². The number of aromatic nitrogens is 1. The zero-order chi connectivity index (χ0) is 17.6. The molecule has 0 aliphatic carbocycles. The first-order chi connectivity index (χ1) is 12.2. The summed E-state index contributed by atoms with van der Waals surface area (Å²) in [6, 6.07) is 18.6. The second-order valence-electron chi connectivity index (χ2n) is 5.80. The van der Waals surface area contributed by atoms with Crippen LogP contribution in [0.4, 0.5) is 0 Å². The molecular formula is C22H18N2S. The van der Waals surface area contributed by atoms with Gasteiger partial charge in [-0.05, 0) is 42.7 Å². The van der Waals surface area contributed by atoms with Crippen molar-refractivity contribution < 1.29 is 0 Å². The van der Waals surface area contributed by atoms with Gasteiger partial charge in [0.15, 0.2) is 0 Å². The summed E-state index contributed by atoms with van der Waals surface area (Å²) in [6.07, 6.45) is 5.69. The van der Waals surface area contributed by atoms with Crippen molar-refractivity contribution in [2.75, 3.05) is 0 Å². The predicted octanol–water partition coefficient (Wildman–Crippen LogP) is 6.05. The minimum absolute atomic E-state index is 0.576. The highest BCUT2D eigenvalue weighted by Crippen LogP contribution is 2.27. The molecular weight excluding hydrogens is 324 g/mol. The number of hydrogen-bond donors (Lipinski definition) is 0. The van der Waals surface area contributed by atoms with Crippen LogP contribution in [0.3, 0.4) is 0 Å². The maximum atomic E-state index is 9.45. The van der Waals surface area contributed by atoms with E-state index in [0.717, 1.165) is 21.8 Å². The van der Waals surface area contributed by atoms with Gasteiger partial charge >= 0.3 is 0 Å². The standard InChI is InChI=1S/C22H18N2S/c1-16-11-12-19(13-17(16)2)21-15-25-22(24-21)20(14-23)10-6-9-18-7-4-3-5-8-18/h3-13,15H,1-2H3. The van der Waals surface area contributed by atoms with E-state index in [1.165, 1.54) is 22.5 Å². The zero-order valence-electron chi connectivity index (χ0n) is 14.2. The largest absolute Gasteiger partial charge is 0.235 e. The number of thiazole rings is 1. The molecule has 0 fully saturated rings. The minimum atomic E-state index is 0.576. The van der Waals surface area contributed by atoms with Gasteiger partial charge in [0.25, 0.3) is 0 Å². The Morgan fingerprint density at radius 3 is 2.60 bits per heavy atom. The van der Waals surface area contributed by atoms with E-state index in [9.17, 15) is 5.26 Å². The Labute approximate surface area is 152 Å². The molecule has 0 aliphatic rings. The van der Waals surface area contributed by atoms with Gasteiger partial charge in [-0.3, -0.25) is 0 Å². The SMILES string of the molecule is Cc1ccc(-c2csc(C(C#N)=CC=Cc3ccccc3)n2)cc1C. The van der Waals surface area contributed by atoms with Gasteiger partial charge in [-0.2, -0.15) is 5.26 Å². The van der Waals surface area contributed by atoms with Crippen LogP contribution < -0.4 is 0 Å². The van der Waals surface area contributed by atoms with E-state index in [1.807, 2.05) is 53.9 Å². The second-order valence-corrected chi connectivity index (χ2v) is 6.66. The molecule has 122 valence electrons. The van der Waals surface area contributed by atoms with Crippen molar-refractivity contribution in [3.8, 4) is 17.3 Å². The van der Waals surface area contributed by atoms with E-state index in [4.69, 9.17) is 0 Å². The van der Waals surface area contributed by atoms with Gasteiger partial charge in [0.05, 0.1) is 11.3 Å². The lowest BCUT2D eigenvalue weighted by molar-refractivity contribution is 1.31. The molecule has 0 N–H and O–H groups in total. The molecule has 0 amide bonds. The van der Waals surface area contributed by atoms with Crippen LogP contribution in [0.5, 0.6) is 0 Å². The number of rotatable bonds is 4. The fraction of sp³-hybridized carbons (Fsp3) is 0.0909. The molecule has 1 aromatic heterocycles. The number of nitrogens with zero attached hydrogens (tertiary/aromatic N) is 2. The van der Waals surface area contributed by atoms with Crippen LogP contribution in [-0.2, 0) is 0 Å². The van der Waals surface area contributed by atoms with Gasteiger partial charge in [-0.1, -0.05) is 54.6 Å². The number of allylic oxidation sites excluding steroid dienone is 3. The Hall–Kier alpha value is -2.96. The number of hydrogen-bond acceptors (Lipinski definition) is 3. The van der Waals surface area contributed by atoms with E-state index in [2.05, 4.69) is 43.1 Å². The Morgan fingerprint density at radius 2 is 1.88 bits per heavy atom. The van der Waals surface area contributed by atoms with Gasteiger partial charge < -0.3 is 0 Å². The lowest BCUT2D eigenvalue weighted by atomic mass is 10.1. The summed E-state index contributed by atoms with van der Waals surface area (Å²) in [5.74, 6) is 0. The average molecular weight is 342 g/mol. The van der Waals surface area contributed by atoms with Crippen molar-refractivity contribution in [2.45, 2.75) is 13.8 Å². The maximum absolute atomic E-state index is 9.45. The van der Waals surface area contributed by atoms with Gasteiger partial charge in [-0.25, -0.2) is 4.98 Å². The molecule has 0 saturated heterocycles. The highest BCUT2D eigenvalue weighted by atomic mass is 32.1. The van der Waals surface area contributed by atoms with Crippen molar-refractivity contribution in [3.05, 3.63) is 87.8 Å². The first-order valence-corrected chi connectivity index (χ1v) is 8.92. The lowest BCUT2D eigenvalue weighted by Gasteiger charge is -2.02. The molecule has 0 bridgehead atoms. The summed E-state index contributed by atoms with van der Waals surface area (Å²) in [7, 11) is 0. The normalized spacial score (nSPS) is 11.6. The van der Waals surface area contributed by atoms with Gasteiger partial charge in [-0.15, -0.1) is 11.3 Å². The monoisotopic (exact) mass is 342 g/mol. The van der Waals surface area contributed by atoms with Crippen LogP contribution in [0, 0.1) is 25.2 Å². The quantitative estimate of drug-likeness (QED) is 0.427. The fourth-order valence-corrected chi connectivity index (χ4v) is 3.21. The summed E-state index contributed by atoms with van der Waals surface area (Å²) in [5, 5.41) is 12.2. The maximum Gasteiger partial charge on any atom is 0.134 e. The second kappa shape index (κ2) is 7.74. The highest BCUT2D eigenvalue weighted by molar-refractivity contribution is 7.11. The van der Waals surface area contributed by atoms with Crippen molar-refractivity contribution >= 4 is 23.0 Å². The topological polar surface area (TPSA) is 36.7 Å². The highest BCUT2D eigenvalue weighted by Gasteiger charge is 2.09. The van der Waals surface area contributed by atoms with Crippen molar-refractivity contribution in [2.24, 2.45) is 0 Å². The molecule has 0 saturated carbocycles. The Morgan fingerprint density at radius 1 is 1.08 bits per heavy atom. The Kier molecular flexibility index (Phi) is 5.23. The molecule has 0 aliphatic heterocycles. The molecule has 0 radical (unpaired) electrons. The summed E-state index contributed by atoms with van der Waals surface area (Å²) in [4.78, 5) is 4.64. The van der Waals surface area contributed by atoms with Gasteiger partial charge in [0, 0.05) is 10.9 Å². The molecule has 3 rings (SSSR count). The predicted molar refractivity (Wildman–Crippen MR) is 106 cm³/mol. The molecule has 0 atom stereocenters. The first kappa shape index (κ1) is 16.9. The molecule has 3 heteroatoms. The molecule has 0 spiro atoms. The third kappa shape index (κ3) is 4.12. The number of nitriles is 1. The number of aryl methyl sites for hydroxylation is 2. The molecule has 2 aromatic carbocycles. The summed E-state index contributed by atoms with van der Waals surface area (Å²) < 4.78 is 0. The first-order valence-electron chi connectivity index (χ1n) is 8.04. The van der Waals surface area contributed by atoms with E-state index in [0.29, 0.717) is 5.57 Å². The molecule has 3 aromatic rings. The third-order valence-electron chi connectivity index (χ3n) is 4.01. The third-order valence-corrected chi connectivity index (χ3v) is 4.88. The van der Waals surface area contributed by atoms with Crippen LogP contribution in [-0.4, -0.2) is 4.98 Å². The van der Waals surface area contributed by atoms with Crippen molar-refractivity contribution in [1.82, 2.24) is 4.98 Å². The summed E-state index contributed by atoms with van der Waals surface area (Å²) in [6.45, 7) is 4.20. The van der Waals surface area contributed by atoms with Crippen molar-refractivity contribution in [1.29, 1.82) is 5.26 Å². The van der Waals surface area contributed by atoms with Gasteiger partial charge in [0.2, 0.25) is 0 Å². The van der Waals surface area contributed by atoms with Crippen molar-refractivity contribution in [3.63, 3.8) is 0 Å². The van der Waals surface area contributed by atoms with Crippen LogP contribution in [0.15, 0.2) is 66.1 Å². The van der Waals surface area contributed by atoms with Crippen LogP contribution in [0.1, 0.15) is 21.7 Å². The zero-order valence-corrected chi connectivity index (χ0v) is 15.0. The van der Waals surface area contributed by atoms with Gasteiger partial charge in [0.1, 0.15) is 11.1 Å². The lowest BCUT2D eigenvalue weighted by Crippen LogP contribution is -1.85. The molecule has 0 unspecified atom stereocenters. The minimum Gasteiger partial charge on any atom is -0.235 e. The number of benzene rings is 2. The van der Waals surface area contributed by atoms with E-state index in [1.54, 1.807) is 0 Å². The van der Waals surface area contributed by atoms with E-state index < -0.39 is 0 Å². The molecule has 2 nitrogen and oxygen atoms in total. The molecule has 1 heterocycles. The summed E-state index contributed by atoms with van der Waals surface area (Å²) >= 11 is 1.50. The van der Waals surface area contributed by atoms with Crippen LogP contribution in [0.25, 0.3) is 22.9 Å². The fourth-order valence-electron chi connectivity index (χ4n) is 2.41. The average Bonchev–Trinajstić information content (AvgIpc) is 3.12. The van der Waals surface area contributed by atoms with Crippen LogP contribution in [0.2, 0.25) is 0 Å². The smallest absolute Gasteiger partial charge is 0.134 e. The Bertz CT molecular complexity index is 973.